The summed E-state index contributed by atoms with van der Waals surface area (Å²) in [6, 6.07) is 12.9. The number of carboxylic acids is 1. The van der Waals surface area contributed by atoms with Crippen LogP contribution >= 0.6 is 0 Å². The molecule has 0 aliphatic carbocycles. The van der Waals surface area contributed by atoms with Gasteiger partial charge in [0.25, 0.3) is 5.91 Å². The largest absolute Gasteiger partial charge is 0.481 e. The molecule has 7 nitrogen and oxygen atoms in total. The lowest BCUT2D eigenvalue weighted by molar-refractivity contribution is -0.158. The maximum atomic E-state index is 12.7. The van der Waals surface area contributed by atoms with E-state index in [4.69, 9.17) is 0 Å². The van der Waals surface area contributed by atoms with Gasteiger partial charge in [-0.2, -0.15) is 0 Å². The van der Waals surface area contributed by atoms with E-state index in [1.807, 2.05) is 40.1 Å². The second-order valence-corrected chi connectivity index (χ2v) is 8.24. The van der Waals surface area contributed by atoms with Gasteiger partial charge in [0.15, 0.2) is 0 Å². The molecule has 2 aliphatic rings. The van der Waals surface area contributed by atoms with Crippen molar-refractivity contribution in [2.75, 3.05) is 31.1 Å². The number of β-amino-alcohol motifs (C(OH)–C–C–N with tert-alkyl or cyclic N) is 1. The Bertz CT molecular complexity index is 914. The second kappa shape index (κ2) is 8.44. The SMILES string of the molecule is O=C(c1ccnc(N2CC[C@](Cc3ccccc3)(C(=O)O)[C@@H](O)C2)c1)N1CCCC1. The molecule has 30 heavy (non-hydrogen) atoms. The van der Waals surface area contributed by atoms with Crippen LogP contribution in [0.25, 0.3) is 0 Å². The smallest absolute Gasteiger partial charge is 0.312 e. The van der Waals surface area contributed by atoms with Crippen LogP contribution in [0.15, 0.2) is 48.7 Å². The van der Waals surface area contributed by atoms with Crippen molar-refractivity contribution in [1.29, 1.82) is 0 Å². The van der Waals surface area contributed by atoms with Gasteiger partial charge in [-0.1, -0.05) is 30.3 Å². The number of anilines is 1. The van der Waals surface area contributed by atoms with Crippen molar-refractivity contribution in [1.82, 2.24) is 9.88 Å². The molecule has 2 aromatic rings. The summed E-state index contributed by atoms with van der Waals surface area (Å²) in [5.41, 5.74) is 0.236. The Kier molecular flexibility index (Phi) is 5.72. The van der Waals surface area contributed by atoms with Gasteiger partial charge in [0.1, 0.15) is 11.2 Å². The highest BCUT2D eigenvalue weighted by Gasteiger charge is 2.49. The number of pyridine rings is 1. The Morgan fingerprint density at radius 1 is 1.10 bits per heavy atom. The average Bonchev–Trinajstić information content (AvgIpc) is 3.30. The fraction of sp³-hybridized carbons (Fsp3) is 0.435. The second-order valence-electron chi connectivity index (χ2n) is 8.24. The fourth-order valence-electron chi connectivity index (χ4n) is 4.50. The molecule has 1 aromatic heterocycles. The molecule has 0 unspecified atom stereocenters. The van der Waals surface area contributed by atoms with Gasteiger partial charge in [0, 0.05) is 37.9 Å². The monoisotopic (exact) mass is 409 g/mol. The molecule has 3 heterocycles. The number of benzene rings is 1. The minimum Gasteiger partial charge on any atom is -0.481 e. The maximum Gasteiger partial charge on any atom is 0.312 e. The zero-order valence-corrected chi connectivity index (χ0v) is 16.9. The van der Waals surface area contributed by atoms with E-state index in [1.54, 1.807) is 18.3 Å². The van der Waals surface area contributed by atoms with Crippen molar-refractivity contribution in [3.8, 4) is 0 Å². The predicted octanol–water partition coefficient (Wildman–Crippen LogP) is 2.20. The third-order valence-corrected chi connectivity index (χ3v) is 6.36. The Hall–Kier alpha value is -2.93. The van der Waals surface area contributed by atoms with Gasteiger partial charge in [-0.15, -0.1) is 0 Å². The van der Waals surface area contributed by atoms with E-state index in [0.29, 0.717) is 24.3 Å². The van der Waals surface area contributed by atoms with E-state index >= 15 is 0 Å². The number of aliphatic carboxylic acids is 1. The van der Waals surface area contributed by atoms with Gasteiger partial charge >= 0.3 is 5.97 Å². The molecule has 1 amide bonds. The first-order chi connectivity index (χ1) is 14.5. The molecule has 2 atom stereocenters. The number of piperidine rings is 1. The van der Waals surface area contributed by atoms with Gasteiger partial charge in [-0.05, 0) is 43.4 Å². The summed E-state index contributed by atoms with van der Waals surface area (Å²) < 4.78 is 0. The zero-order valence-electron chi connectivity index (χ0n) is 16.9. The van der Waals surface area contributed by atoms with Crippen molar-refractivity contribution in [3.05, 3.63) is 59.8 Å². The highest BCUT2D eigenvalue weighted by atomic mass is 16.4. The molecule has 0 spiro atoms. The van der Waals surface area contributed by atoms with E-state index < -0.39 is 17.5 Å². The number of aromatic nitrogens is 1. The van der Waals surface area contributed by atoms with Crippen LogP contribution in [0, 0.1) is 5.41 Å². The topological polar surface area (TPSA) is 94.0 Å². The molecule has 2 fully saturated rings. The molecule has 2 saturated heterocycles. The first-order valence-corrected chi connectivity index (χ1v) is 10.5. The molecule has 1 aromatic carbocycles. The molecular formula is C23H27N3O4. The number of hydrogen-bond acceptors (Lipinski definition) is 5. The normalized spacial score (nSPS) is 24.1. The summed E-state index contributed by atoms with van der Waals surface area (Å²) >= 11 is 0. The molecule has 7 heteroatoms. The molecule has 0 saturated carbocycles. The van der Waals surface area contributed by atoms with Crippen LogP contribution in [0.3, 0.4) is 0 Å². The Balaban J connectivity index is 1.51. The van der Waals surface area contributed by atoms with Crippen LogP contribution in [0.4, 0.5) is 5.82 Å². The van der Waals surface area contributed by atoms with Gasteiger partial charge in [0.2, 0.25) is 0 Å². The van der Waals surface area contributed by atoms with Crippen molar-refractivity contribution in [2.24, 2.45) is 5.41 Å². The summed E-state index contributed by atoms with van der Waals surface area (Å²) in [6.45, 7) is 2.16. The maximum absolute atomic E-state index is 12.7. The molecular weight excluding hydrogens is 382 g/mol. The summed E-state index contributed by atoms with van der Waals surface area (Å²) in [6.07, 6.45) is 3.18. The van der Waals surface area contributed by atoms with Crippen LogP contribution < -0.4 is 4.90 Å². The van der Waals surface area contributed by atoms with Gasteiger partial charge in [0.05, 0.1) is 6.10 Å². The zero-order chi connectivity index (χ0) is 21.1. The van der Waals surface area contributed by atoms with Crippen LogP contribution in [0.5, 0.6) is 0 Å². The van der Waals surface area contributed by atoms with Crippen LogP contribution in [-0.4, -0.2) is 64.3 Å². The lowest BCUT2D eigenvalue weighted by Crippen LogP contribution is -2.56. The number of carbonyl (C=O) groups is 2. The van der Waals surface area contributed by atoms with Crippen LogP contribution in [0.1, 0.15) is 35.2 Å². The van der Waals surface area contributed by atoms with Crippen molar-refractivity contribution >= 4 is 17.7 Å². The van der Waals surface area contributed by atoms with Crippen molar-refractivity contribution in [2.45, 2.75) is 31.8 Å². The first kappa shape index (κ1) is 20.3. The number of hydrogen-bond donors (Lipinski definition) is 2. The third kappa shape index (κ3) is 3.89. The molecule has 0 radical (unpaired) electrons. The number of aliphatic hydroxyl groups excluding tert-OH is 1. The van der Waals surface area contributed by atoms with Crippen LogP contribution in [0.2, 0.25) is 0 Å². The van der Waals surface area contributed by atoms with Crippen LogP contribution in [-0.2, 0) is 11.2 Å². The van der Waals surface area contributed by atoms with Crippen molar-refractivity contribution < 1.29 is 19.8 Å². The van der Waals surface area contributed by atoms with Crippen molar-refractivity contribution in [3.63, 3.8) is 0 Å². The molecule has 2 N–H and O–H groups in total. The van der Waals surface area contributed by atoms with E-state index in [1.165, 1.54) is 0 Å². The van der Waals surface area contributed by atoms with E-state index in [0.717, 1.165) is 31.5 Å². The Labute approximate surface area is 176 Å². The number of likely N-dealkylation sites (tertiary alicyclic amines) is 1. The minimum atomic E-state index is -1.24. The summed E-state index contributed by atoms with van der Waals surface area (Å²) in [5, 5.41) is 20.9. The third-order valence-electron chi connectivity index (χ3n) is 6.36. The molecule has 2 aliphatic heterocycles. The Morgan fingerprint density at radius 2 is 1.83 bits per heavy atom. The number of carboxylic acid groups (broad SMARTS) is 1. The summed E-state index contributed by atoms with van der Waals surface area (Å²) in [4.78, 5) is 33.0. The number of carbonyl (C=O) groups excluding carboxylic acids is 1. The number of nitrogens with zero attached hydrogens (tertiary/aromatic N) is 3. The standard InChI is InChI=1S/C23H27N3O4/c27-19-16-26(13-9-23(19,22(29)30)15-17-6-2-1-3-7-17)20-14-18(8-10-24-20)21(28)25-11-4-5-12-25/h1-3,6-8,10,14,19,27H,4-5,9,11-13,15-16H2,(H,29,30)/t19-,23+/m0/s1. The van der Waals surface area contributed by atoms with E-state index in [9.17, 15) is 19.8 Å². The number of rotatable bonds is 5. The summed E-state index contributed by atoms with van der Waals surface area (Å²) in [7, 11) is 0. The highest BCUT2D eigenvalue weighted by Crippen LogP contribution is 2.37. The van der Waals surface area contributed by atoms with Gasteiger partial charge < -0.3 is 20.0 Å². The average molecular weight is 409 g/mol. The first-order valence-electron chi connectivity index (χ1n) is 10.5. The number of aliphatic hydroxyl groups is 1. The summed E-state index contributed by atoms with van der Waals surface area (Å²) in [5.74, 6) is -0.389. The minimum absolute atomic E-state index is 0.00216. The van der Waals surface area contributed by atoms with Gasteiger partial charge in [-0.25, -0.2) is 4.98 Å². The molecule has 4 rings (SSSR count). The van der Waals surface area contributed by atoms with Gasteiger partial charge in [-0.3, -0.25) is 9.59 Å². The Morgan fingerprint density at radius 3 is 2.50 bits per heavy atom. The lowest BCUT2D eigenvalue weighted by Gasteiger charge is -2.43. The van der Waals surface area contributed by atoms with E-state index in [-0.39, 0.29) is 18.9 Å². The lowest BCUT2D eigenvalue weighted by atomic mass is 9.71. The highest BCUT2D eigenvalue weighted by molar-refractivity contribution is 5.95. The predicted molar refractivity (Wildman–Crippen MR) is 112 cm³/mol. The fourth-order valence-corrected chi connectivity index (χ4v) is 4.50. The van der Waals surface area contributed by atoms with E-state index in [2.05, 4.69) is 4.98 Å². The quantitative estimate of drug-likeness (QED) is 0.786. The molecule has 0 bridgehead atoms. The number of amides is 1. The molecule has 158 valence electrons.